The molecule has 0 aliphatic carbocycles. The maximum atomic E-state index is 11.9. The summed E-state index contributed by atoms with van der Waals surface area (Å²) in [6, 6.07) is 15.1. The molecular formula is C16H13ClN4OS. The molecular weight excluding hydrogens is 332 g/mol. The van der Waals surface area contributed by atoms with E-state index >= 15 is 0 Å². The summed E-state index contributed by atoms with van der Waals surface area (Å²) in [6.45, 7) is 0.0525. The first-order valence-corrected chi connectivity index (χ1v) is 8.08. The van der Waals surface area contributed by atoms with E-state index in [0.717, 1.165) is 15.8 Å². The van der Waals surface area contributed by atoms with Crippen molar-refractivity contribution in [3.63, 3.8) is 0 Å². The Hall–Kier alpha value is -2.44. The van der Waals surface area contributed by atoms with E-state index in [2.05, 4.69) is 20.8 Å². The standard InChI is InChI=1S/C16H13ClN4OS/c17-12-6-2-1-5-11(12)9-18-19-10-15(22)21-16-20-13-7-3-4-8-14(13)23-16/h1-9,19H,10H2,(H,20,21,22)/b18-9+. The number of hydrogen-bond donors (Lipinski definition) is 2. The minimum Gasteiger partial charge on any atom is -0.301 e. The lowest BCUT2D eigenvalue weighted by Crippen LogP contribution is -2.24. The quantitative estimate of drug-likeness (QED) is 0.550. The number of anilines is 1. The Kier molecular flexibility index (Phi) is 4.85. The Labute approximate surface area is 142 Å². The lowest BCUT2D eigenvalue weighted by molar-refractivity contribution is -0.115. The van der Waals surface area contributed by atoms with E-state index in [1.165, 1.54) is 11.3 Å². The Morgan fingerprint density at radius 1 is 1.22 bits per heavy atom. The number of carbonyl (C=O) groups excluding carboxylic acids is 1. The zero-order chi connectivity index (χ0) is 16.1. The number of halogens is 1. The van der Waals surface area contributed by atoms with Crippen LogP contribution in [0.1, 0.15) is 5.56 Å². The topological polar surface area (TPSA) is 66.4 Å². The molecule has 7 heteroatoms. The van der Waals surface area contributed by atoms with Crippen LogP contribution in [0.4, 0.5) is 5.13 Å². The molecule has 0 radical (unpaired) electrons. The van der Waals surface area contributed by atoms with Gasteiger partial charge in [-0.2, -0.15) is 5.10 Å². The number of fused-ring (bicyclic) bond motifs is 1. The van der Waals surface area contributed by atoms with Crippen molar-refractivity contribution >= 4 is 50.4 Å². The van der Waals surface area contributed by atoms with Crippen molar-refractivity contribution in [2.75, 3.05) is 11.9 Å². The number of carbonyl (C=O) groups is 1. The molecule has 116 valence electrons. The van der Waals surface area contributed by atoms with Gasteiger partial charge in [-0.3, -0.25) is 4.79 Å². The van der Waals surface area contributed by atoms with Crippen molar-refractivity contribution in [3.8, 4) is 0 Å². The molecule has 1 heterocycles. The maximum Gasteiger partial charge on any atom is 0.247 e. The molecule has 0 aliphatic heterocycles. The fourth-order valence-electron chi connectivity index (χ4n) is 1.90. The van der Waals surface area contributed by atoms with Crippen LogP contribution in [0.3, 0.4) is 0 Å². The summed E-state index contributed by atoms with van der Waals surface area (Å²) in [5.41, 5.74) is 4.35. The number of para-hydroxylation sites is 1. The smallest absolute Gasteiger partial charge is 0.247 e. The van der Waals surface area contributed by atoms with Crippen molar-refractivity contribution in [2.24, 2.45) is 5.10 Å². The van der Waals surface area contributed by atoms with Gasteiger partial charge in [0.05, 0.1) is 16.4 Å². The van der Waals surface area contributed by atoms with Gasteiger partial charge in [0.2, 0.25) is 5.91 Å². The molecule has 3 aromatic rings. The highest BCUT2D eigenvalue weighted by atomic mass is 35.5. The SMILES string of the molecule is O=C(CN/N=C/c1ccccc1Cl)Nc1nc2ccccc2s1. The molecule has 3 rings (SSSR count). The average Bonchev–Trinajstić information content (AvgIpc) is 2.95. The Morgan fingerprint density at radius 3 is 2.83 bits per heavy atom. The van der Waals surface area contributed by atoms with Gasteiger partial charge in [0.15, 0.2) is 5.13 Å². The van der Waals surface area contributed by atoms with E-state index in [1.54, 1.807) is 12.3 Å². The minimum atomic E-state index is -0.208. The molecule has 2 aromatic carbocycles. The van der Waals surface area contributed by atoms with Crippen LogP contribution in [0.5, 0.6) is 0 Å². The van der Waals surface area contributed by atoms with E-state index in [9.17, 15) is 4.79 Å². The van der Waals surface area contributed by atoms with Crippen LogP contribution >= 0.6 is 22.9 Å². The number of aromatic nitrogens is 1. The van der Waals surface area contributed by atoms with Crippen molar-refractivity contribution < 1.29 is 4.79 Å². The van der Waals surface area contributed by atoms with Crippen LogP contribution in [-0.4, -0.2) is 23.7 Å². The molecule has 0 saturated carbocycles. The monoisotopic (exact) mass is 344 g/mol. The molecule has 5 nitrogen and oxygen atoms in total. The fraction of sp³-hybridized carbons (Fsp3) is 0.0625. The number of amides is 1. The first kappa shape index (κ1) is 15.5. The second-order valence-corrected chi connectivity index (χ2v) is 6.09. The lowest BCUT2D eigenvalue weighted by Gasteiger charge is -2.01. The predicted octanol–water partition coefficient (Wildman–Crippen LogP) is 3.51. The molecule has 0 atom stereocenters. The molecule has 2 N–H and O–H groups in total. The van der Waals surface area contributed by atoms with Gasteiger partial charge in [-0.25, -0.2) is 4.98 Å². The second kappa shape index (κ2) is 7.21. The van der Waals surface area contributed by atoms with Crippen molar-refractivity contribution in [1.29, 1.82) is 0 Å². The molecule has 0 aliphatic rings. The average molecular weight is 345 g/mol. The molecule has 0 spiro atoms. The second-order valence-electron chi connectivity index (χ2n) is 4.65. The van der Waals surface area contributed by atoms with Crippen LogP contribution in [0.2, 0.25) is 5.02 Å². The molecule has 0 saturated heterocycles. The number of hydrogen-bond acceptors (Lipinski definition) is 5. The van der Waals surface area contributed by atoms with E-state index in [-0.39, 0.29) is 12.5 Å². The third kappa shape index (κ3) is 4.06. The zero-order valence-corrected chi connectivity index (χ0v) is 13.6. The zero-order valence-electron chi connectivity index (χ0n) is 12.0. The molecule has 23 heavy (non-hydrogen) atoms. The van der Waals surface area contributed by atoms with Crippen LogP contribution in [0.25, 0.3) is 10.2 Å². The lowest BCUT2D eigenvalue weighted by atomic mass is 10.2. The van der Waals surface area contributed by atoms with E-state index < -0.39 is 0 Å². The van der Waals surface area contributed by atoms with Gasteiger partial charge in [-0.15, -0.1) is 0 Å². The first-order chi connectivity index (χ1) is 11.2. The van der Waals surface area contributed by atoms with Gasteiger partial charge in [0, 0.05) is 10.6 Å². The summed E-state index contributed by atoms with van der Waals surface area (Å²) in [7, 11) is 0. The van der Waals surface area contributed by atoms with Gasteiger partial charge in [0.1, 0.15) is 6.54 Å². The fourth-order valence-corrected chi connectivity index (χ4v) is 2.97. The summed E-state index contributed by atoms with van der Waals surface area (Å²) in [4.78, 5) is 16.2. The first-order valence-electron chi connectivity index (χ1n) is 6.88. The summed E-state index contributed by atoms with van der Waals surface area (Å²) in [5, 5.41) is 7.92. The number of thiazole rings is 1. The van der Waals surface area contributed by atoms with Crippen molar-refractivity contribution in [3.05, 3.63) is 59.1 Å². The van der Waals surface area contributed by atoms with Gasteiger partial charge in [0.25, 0.3) is 0 Å². The van der Waals surface area contributed by atoms with Crippen LogP contribution in [-0.2, 0) is 4.79 Å². The summed E-state index contributed by atoms with van der Waals surface area (Å²) in [5.74, 6) is -0.208. The van der Waals surface area contributed by atoms with Gasteiger partial charge in [-0.05, 0) is 18.2 Å². The van der Waals surface area contributed by atoms with Gasteiger partial charge < -0.3 is 10.7 Å². The van der Waals surface area contributed by atoms with Crippen molar-refractivity contribution in [2.45, 2.75) is 0 Å². The third-order valence-electron chi connectivity index (χ3n) is 2.98. The van der Waals surface area contributed by atoms with E-state index in [0.29, 0.717) is 10.2 Å². The number of rotatable bonds is 5. The minimum absolute atomic E-state index is 0.0525. The molecule has 0 fully saturated rings. The number of nitrogens with one attached hydrogen (secondary N) is 2. The highest BCUT2D eigenvalue weighted by Gasteiger charge is 2.06. The van der Waals surface area contributed by atoms with Gasteiger partial charge >= 0.3 is 0 Å². The van der Waals surface area contributed by atoms with Gasteiger partial charge in [-0.1, -0.05) is 53.3 Å². The summed E-state index contributed by atoms with van der Waals surface area (Å²) in [6.07, 6.45) is 1.58. The summed E-state index contributed by atoms with van der Waals surface area (Å²) < 4.78 is 1.03. The van der Waals surface area contributed by atoms with Crippen LogP contribution in [0, 0.1) is 0 Å². The Bertz CT molecular complexity index is 829. The Balaban J connectivity index is 1.52. The molecule has 0 unspecified atom stereocenters. The van der Waals surface area contributed by atoms with Crippen molar-refractivity contribution in [1.82, 2.24) is 10.4 Å². The Morgan fingerprint density at radius 2 is 2.00 bits per heavy atom. The van der Waals surface area contributed by atoms with Crippen LogP contribution < -0.4 is 10.7 Å². The number of hydrazone groups is 1. The summed E-state index contributed by atoms with van der Waals surface area (Å²) >= 11 is 7.44. The highest BCUT2D eigenvalue weighted by molar-refractivity contribution is 7.22. The third-order valence-corrected chi connectivity index (χ3v) is 4.28. The maximum absolute atomic E-state index is 11.9. The normalized spacial score (nSPS) is 11.0. The molecule has 1 aromatic heterocycles. The van der Waals surface area contributed by atoms with E-state index in [1.807, 2.05) is 42.5 Å². The predicted molar refractivity (Wildman–Crippen MR) is 95.3 cm³/mol. The largest absolute Gasteiger partial charge is 0.301 e. The highest BCUT2D eigenvalue weighted by Crippen LogP contribution is 2.25. The number of benzene rings is 2. The molecule has 1 amide bonds. The van der Waals surface area contributed by atoms with E-state index in [4.69, 9.17) is 11.6 Å². The molecule has 0 bridgehead atoms. The van der Waals surface area contributed by atoms with Crippen LogP contribution in [0.15, 0.2) is 53.6 Å². The number of nitrogens with zero attached hydrogens (tertiary/aromatic N) is 2.